The van der Waals surface area contributed by atoms with E-state index in [-0.39, 0.29) is 5.56 Å². The average Bonchev–Trinajstić information content (AvgIpc) is 2.45. The molecule has 0 aliphatic carbocycles. The van der Waals surface area contributed by atoms with E-state index in [4.69, 9.17) is 4.74 Å². The van der Waals surface area contributed by atoms with E-state index in [1.165, 1.54) is 0 Å². The van der Waals surface area contributed by atoms with Gasteiger partial charge in [0.15, 0.2) is 6.29 Å². The van der Waals surface area contributed by atoms with Crippen molar-refractivity contribution >= 4 is 6.29 Å². The van der Waals surface area contributed by atoms with E-state index in [0.29, 0.717) is 24.0 Å². The lowest BCUT2D eigenvalue weighted by Gasteiger charge is -2.08. The fraction of sp³-hybridized carbons (Fsp3) is 0.200. The van der Waals surface area contributed by atoms with Crippen molar-refractivity contribution in [3.63, 3.8) is 0 Å². The molecule has 0 unspecified atom stereocenters. The summed E-state index contributed by atoms with van der Waals surface area (Å²) in [5, 5.41) is 0. The molecular formula is C15H15NO3. The van der Waals surface area contributed by atoms with Gasteiger partial charge in [-0.2, -0.15) is 0 Å². The zero-order chi connectivity index (χ0) is 13.8. The van der Waals surface area contributed by atoms with Crippen molar-refractivity contribution in [3.05, 3.63) is 63.6 Å². The minimum atomic E-state index is -0.139. The van der Waals surface area contributed by atoms with Gasteiger partial charge in [-0.25, -0.2) is 0 Å². The molecule has 0 fully saturated rings. The molecule has 0 aliphatic heterocycles. The number of aldehydes is 1. The third kappa shape index (κ3) is 2.73. The molecule has 0 amide bonds. The van der Waals surface area contributed by atoms with Gasteiger partial charge in [-0.1, -0.05) is 12.1 Å². The van der Waals surface area contributed by atoms with Crippen molar-refractivity contribution in [1.82, 2.24) is 4.57 Å². The van der Waals surface area contributed by atoms with E-state index in [2.05, 4.69) is 0 Å². The standard InChI is InChI=1S/C15H15NO3/c1-11-13(10-17)7-8-16(15(11)18)9-12-3-5-14(19-2)6-4-12/h3-8,10H,9H2,1-2H3. The van der Waals surface area contributed by atoms with E-state index < -0.39 is 0 Å². The lowest BCUT2D eigenvalue weighted by Crippen LogP contribution is -2.23. The Morgan fingerprint density at radius 1 is 1.21 bits per heavy atom. The summed E-state index contributed by atoms with van der Waals surface area (Å²) in [6.07, 6.45) is 2.34. The van der Waals surface area contributed by atoms with Gasteiger partial charge in [-0.15, -0.1) is 0 Å². The summed E-state index contributed by atoms with van der Waals surface area (Å²) < 4.78 is 6.67. The Morgan fingerprint density at radius 3 is 2.47 bits per heavy atom. The quantitative estimate of drug-likeness (QED) is 0.787. The van der Waals surface area contributed by atoms with Crippen LogP contribution >= 0.6 is 0 Å². The van der Waals surface area contributed by atoms with E-state index in [1.807, 2.05) is 24.3 Å². The van der Waals surface area contributed by atoms with Crippen LogP contribution in [0.15, 0.2) is 41.3 Å². The van der Waals surface area contributed by atoms with E-state index in [9.17, 15) is 9.59 Å². The molecule has 4 heteroatoms. The number of hydrogen-bond acceptors (Lipinski definition) is 3. The summed E-state index contributed by atoms with van der Waals surface area (Å²) in [6.45, 7) is 2.14. The average molecular weight is 257 g/mol. The second-order valence-electron chi connectivity index (χ2n) is 4.30. The maximum absolute atomic E-state index is 12.1. The summed E-state index contributed by atoms with van der Waals surface area (Å²) in [5.41, 5.74) is 1.78. The first-order valence-electron chi connectivity index (χ1n) is 5.94. The number of carbonyl (C=O) groups is 1. The van der Waals surface area contributed by atoms with Gasteiger partial charge >= 0.3 is 0 Å². The fourth-order valence-electron chi connectivity index (χ4n) is 1.88. The highest BCUT2D eigenvalue weighted by atomic mass is 16.5. The normalized spacial score (nSPS) is 10.2. The number of benzene rings is 1. The van der Waals surface area contributed by atoms with Crippen LogP contribution in [-0.4, -0.2) is 18.0 Å². The van der Waals surface area contributed by atoms with Crippen LogP contribution in [-0.2, 0) is 6.54 Å². The molecular weight excluding hydrogens is 242 g/mol. The van der Waals surface area contributed by atoms with Crippen molar-refractivity contribution < 1.29 is 9.53 Å². The first kappa shape index (κ1) is 13.1. The molecule has 4 nitrogen and oxygen atoms in total. The minimum Gasteiger partial charge on any atom is -0.497 e. The van der Waals surface area contributed by atoms with Crippen LogP contribution in [0.25, 0.3) is 0 Å². The van der Waals surface area contributed by atoms with Gasteiger partial charge in [-0.3, -0.25) is 9.59 Å². The zero-order valence-electron chi connectivity index (χ0n) is 10.9. The SMILES string of the molecule is COc1ccc(Cn2ccc(C=O)c(C)c2=O)cc1. The molecule has 0 radical (unpaired) electrons. The van der Waals surface area contributed by atoms with Crippen LogP contribution in [0.5, 0.6) is 5.75 Å². The predicted octanol–water partition coefficient (Wildman–Crippen LogP) is 2.03. The Kier molecular flexibility index (Phi) is 3.80. The number of rotatable bonds is 4. The van der Waals surface area contributed by atoms with E-state index in [1.54, 1.807) is 30.9 Å². The van der Waals surface area contributed by atoms with Crippen LogP contribution in [0.3, 0.4) is 0 Å². The Balaban J connectivity index is 2.30. The molecule has 98 valence electrons. The molecule has 1 aromatic heterocycles. The largest absolute Gasteiger partial charge is 0.497 e. The molecule has 2 rings (SSSR count). The minimum absolute atomic E-state index is 0.139. The van der Waals surface area contributed by atoms with Gasteiger partial charge in [0.2, 0.25) is 0 Å². The maximum Gasteiger partial charge on any atom is 0.254 e. The topological polar surface area (TPSA) is 48.3 Å². The Hall–Kier alpha value is -2.36. The number of hydrogen-bond donors (Lipinski definition) is 0. The molecule has 0 aliphatic rings. The lowest BCUT2D eigenvalue weighted by atomic mass is 10.1. The summed E-state index contributed by atoms with van der Waals surface area (Å²) in [6, 6.07) is 9.19. The van der Waals surface area contributed by atoms with E-state index in [0.717, 1.165) is 11.3 Å². The number of ether oxygens (including phenoxy) is 1. The van der Waals surface area contributed by atoms with Crippen molar-refractivity contribution in [2.24, 2.45) is 0 Å². The summed E-state index contributed by atoms with van der Waals surface area (Å²) >= 11 is 0. The first-order chi connectivity index (χ1) is 9.15. The van der Waals surface area contributed by atoms with Gasteiger partial charge in [0.25, 0.3) is 5.56 Å². The number of carbonyl (C=O) groups excluding carboxylic acids is 1. The van der Waals surface area contributed by atoms with E-state index >= 15 is 0 Å². The first-order valence-corrected chi connectivity index (χ1v) is 5.94. The summed E-state index contributed by atoms with van der Waals surface area (Å²) in [4.78, 5) is 22.8. The number of aromatic nitrogens is 1. The van der Waals surface area contributed by atoms with Gasteiger partial charge in [0.1, 0.15) is 5.75 Å². The van der Waals surface area contributed by atoms with Gasteiger partial charge in [-0.05, 0) is 30.7 Å². The molecule has 0 N–H and O–H groups in total. The second kappa shape index (κ2) is 5.52. The Bertz CT molecular complexity index is 641. The van der Waals surface area contributed by atoms with Gasteiger partial charge in [0.05, 0.1) is 13.7 Å². The predicted molar refractivity (Wildman–Crippen MR) is 72.9 cm³/mol. The fourth-order valence-corrected chi connectivity index (χ4v) is 1.88. The molecule has 2 aromatic rings. The van der Waals surface area contributed by atoms with Crippen molar-refractivity contribution in [2.75, 3.05) is 7.11 Å². The van der Waals surface area contributed by atoms with Crippen molar-refractivity contribution in [3.8, 4) is 5.75 Å². The molecule has 19 heavy (non-hydrogen) atoms. The lowest BCUT2D eigenvalue weighted by molar-refractivity contribution is 0.112. The summed E-state index contributed by atoms with van der Waals surface area (Å²) in [7, 11) is 1.61. The third-order valence-corrected chi connectivity index (χ3v) is 3.09. The van der Waals surface area contributed by atoms with Crippen LogP contribution in [0.4, 0.5) is 0 Å². The van der Waals surface area contributed by atoms with Crippen LogP contribution in [0.2, 0.25) is 0 Å². The molecule has 0 spiro atoms. The zero-order valence-corrected chi connectivity index (χ0v) is 10.9. The number of methoxy groups -OCH3 is 1. The van der Waals surface area contributed by atoms with Gasteiger partial charge in [0, 0.05) is 17.3 Å². The summed E-state index contributed by atoms with van der Waals surface area (Å²) in [5.74, 6) is 0.781. The second-order valence-corrected chi connectivity index (χ2v) is 4.30. The van der Waals surface area contributed by atoms with Crippen LogP contribution in [0.1, 0.15) is 21.5 Å². The monoisotopic (exact) mass is 257 g/mol. The van der Waals surface area contributed by atoms with Gasteiger partial charge < -0.3 is 9.30 Å². The third-order valence-electron chi connectivity index (χ3n) is 3.09. The molecule has 0 saturated heterocycles. The van der Waals surface area contributed by atoms with Crippen LogP contribution in [0, 0.1) is 6.92 Å². The molecule has 1 heterocycles. The maximum atomic E-state index is 12.1. The highest BCUT2D eigenvalue weighted by molar-refractivity contribution is 5.76. The Labute approximate surface area is 111 Å². The highest BCUT2D eigenvalue weighted by Gasteiger charge is 2.05. The number of pyridine rings is 1. The molecule has 0 bridgehead atoms. The highest BCUT2D eigenvalue weighted by Crippen LogP contribution is 2.12. The molecule has 1 aromatic carbocycles. The number of nitrogens with zero attached hydrogens (tertiary/aromatic N) is 1. The molecule has 0 atom stereocenters. The van der Waals surface area contributed by atoms with Crippen molar-refractivity contribution in [1.29, 1.82) is 0 Å². The Morgan fingerprint density at radius 2 is 1.89 bits per heavy atom. The molecule has 0 saturated carbocycles. The van der Waals surface area contributed by atoms with Crippen LogP contribution < -0.4 is 10.3 Å². The smallest absolute Gasteiger partial charge is 0.254 e. The van der Waals surface area contributed by atoms with Crippen molar-refractivity contribution in [2.45, 2.75) is 13.5 Å².